The number of aryl methyl sites for hydroxylation is 2. The van der Waals surface area contributed by atoms with Crippen molar-refractivity contribution in [2.24, 2.45) is 5.92 Å². The van der Waals surface area contributed by atoms with E-state index in [-0.39, 0.29) is 40.3 Å². The second kappa shape index (κ2) is 17.1. The first-order valence-electron chi connectivity index (χ1n) is 15.2. The molecule has 3 rings (SSSR count). The van der Waals surface area contributed by atoms with Crippen LogP contribution in [0.2, 0.25) is 0 Å². The van der Waals surface area contributed by atoms with Crippen molar-refractivity contribution in [1.82, 2.24) is 10.6 Å². The molecule has 1 atom stereocenters. The quantitative estimate of drug-likeness (QED) is 0.131. The molecule has 258 valence electrons. The first-order chi connectivity index (χ1) is 22.6. The fourth-order valence-electron chi connectivity index (χ4n) is 4.76. The first-order valence-corrected chi connectivity index (χ1v) is 18.5. The van der Waals surface area contributed by atoms with E-state index in [1.54, 1.807) is 38.1 Å². The van der Waals surface area contributed by atoms with E-state index in [0.717, 1.165) is 11.1 Å². The molecule has 0 aromatic heterocycles. The van der Waals surface area contributed by atoms with Gasteiger partial charge < -0.3 is 20.5 Å². The summed E-state index contributed by atoms with van der Waals surface area (Å²) in [5.41, 5.74) is 1.66. The molecule has 3 N–H and O–H groups in total. The number of carboxylic acids is 1. The summed E-state index contributed by atoms with van der Waals surface area (Å²) in [5.74, 6) is -6.20. The summed E-state index contributed by atoms with van der Waals surface area (Å²) < 4.78 is 58.4. The standard InChI is InChI=1S/C34H40N2O10S2/c1-23-5-13-28(14-6-23)47(42,43)21-27(22-48(44,45)29-15-7-24(2)8-16-29)32(39)25-9-11-26(12-10-25)33(40)36-30(17-18-31(37)38)34(41)35-19-4-20-46-3/h5-16,27,30H,4,17-22H2,1-3H3,(H,35,41)(H,36,40)(H,37,38)/t30-/m1/s1. The van der Waals surface area contributed by atoms with Gasteiger partial charge in [-0.15, -0.1) is 0 Å². The normalized spacial score (nSPS) is 12.3. The Morgan fingerprint density at radius 2 is 1.23 bits per heavy atom. The highest BCUT2D eigenvalue weighted by Crippen LogP contribution is 2.23. The summed E-state index contributed by atoms with van der Waals surface area (Å²) in [7, 11) is -6.67. The Morgan fingerprint density at radius 3 is 1.69 bits per heavy atom. The second-order valence-electron chi connectivity index (χ2n) is 11.4. The molecule has 48 heavy (non-hydrogen) atoms. The van der Waals surface area contributed by atoms with Gasteiger partial charge in [0.2, 0.25) is 5.91 Å². The second-order valence-corrected chi connectivity index (χ2v) is 15.5. The molecule has 0 saturated carbocycles. The molecule has 0 aliphatic rings. The van der Waals surface area contributed by atoms with Crippen molar-refractivity contribution in [3.05, 3.63) is 95.1 Å². The molecule has 0 heterocycles. The molecule has 0 aliphatic heterocycles. The molecule has 0 aliphatic carbocycles. The van der Waals surface area contributed by atoms with E-state index in [4.69, 9.17) is 9.84 Å². The number of ether oxygens (including phenoxy) is 1. The summed E-state index contributed by atoms with van der Waals surface area (Å²) >= 11 is 0. The highest BCUT2D eigenvalue weighted by atomic mass is 32.2. The molecule has 0 unspecified atom stereocenters. The van der Waals surface area contributed by atoms with Crippen LogP contribution in [-0.2, 0) is 34.0 Å². The van der Waals surface area contributed by atoms with Gasteiger partial charge in [0, 0.05) is 37.8 Å². The SMILES string of the molecule is COCCCNC(=O)[C@@H](CCC(=O)O)NC(=O)c1ccc(C(=O)C(CS(=O)(=O)c2ccc(C)cc2)CS(=O)(=O)c2ccc(C)cc2)cc1. The maximum atomic E-state index is 13.8. The largest absolute Gasteiger partial charge is 0.481 e. The van der Waals surface area contributed by atoms with Gasteiger partial charge in [0.05, 0.1) is 27.2 Å². The van der Waals surface area contributed by atoms with E-state index in [2.05, 4.69) is 10.6 Å². The van der Waals surface area contributed by atoms with Crippen molar-refractivity contribution < 1.29 is 45.9 Å². The Hall–Kier alpha value is -4.40. The third-order valence-corrected chi connectivity index (χ3v) is 11.2. The van der Waals surface area contributed by atoms with Crippen LogP contribution in [0, 0.1) is 19.8 Å². The number of Topliss-reactive ketones (excluding diaryl/α,β-unsaturated/α-hetero) is 1. The van der Waals surface area contributed by atoms with Gasteiger partial charge in [-0.3, -0.25) is 19.2 Å². The van der Waals surface area contributed by atoms with Crippen LogP contribution in [0.3, 0.4) is 0 Å². The van der Waals surface area contributed by atoms with Gasteiger partial charge in [-0.05, 0) is 63.1 Å². The average molecular weight is 701 g/mol. The molecular formula is C34H40N2O10S2. The van der Waals surface area contributed by atoms with Crippen LogP contribution >= 0.6 is 0 Å². The van der Waals surface area contributed by atoms with Crippen molar-refractivity contribution in [2.45, 2.75) is 48.9 Å². The Morgan fingerprint density at radius 1 is 0.750 bits per heavy atom. The van der Waals surface area contributed by atoms with Crippen molar-refractivity contribution in [3.8, 4) is 0 Å². The number of rotatable bonds is 18. The lowest BCUT2D eigenvalue weighted by atomic mass is 9.99. The Balaban J connectivity index is 1.85. The molecule has 0 fully saturated rings. The topological polar surface area (TPSA) is 190 Å². The van der Waals surface area contributed by atoms with E-state index in [9.17, 15) is 36.0 Å². The van der Waals surface area contributed by atoms with Crippen molar-refractivity contribution in [3.63, 3.8) is 0 Å². The number of methoxy groups -OCH3 is 1. The molecule has 0 bridgehead atoms. The molecular weight excluding hydrogens is 661 g/mol. The Labute approximate surface area is 280 Å². The summed E-state index contributed by atoms with van der Waals surface area (Å²) in [6, 6.07) is 16.0. The smallest absolute Gasteiger partial charge is 0.303 e. The predicted molar refractivity (Wildman–Crippen MR) is 178 cm³/mol. The van der Waals surface area contributed by atoms with Gasteiger partial charge in [-0.25, -0.2) is 16.8 Å². The van der Waals surface area contributed by atoms with Crippen LogP contribution in [0.15, 0.2) is 82.6 Å². The first kappa shape index (κ1) is 38.1. The number of carbonyl (C=O) groups excluding carboxylic acids is 3. The molecule has 14 heteroatoms. The van der Waals surface area contributed by atoms with E-state index >= 15 is 0 Å². The fraction of sp³-hybridized carbons (Fsp3) is 0.353. The number of hydrogen-bond acceptors (Lipinski definition) is 9. The van der Waals surface area contributed by atoms with Gasteiger partial charge in [0.25, 0.3) is 5.91 Å². The maximum Gasteiger partial charge on any atom is 0.303 e. The van der Waals surface area contributed by atoms with E-state index in [1.807, 2.05) is 0 Å². The van der Waals surface area contributed by atoms with Gasteiger partial charge in [-0.2, -0.15) is 0 Å². The zero-order valence-corrected chi connectivity index (χ0v) is 28.6. The van der Waals surface area contributed by atoms with Gasteiger partial charge in [0.15, 0.2) is 25.5 Å². The van der Waals surface area contributed by atoms with E-state index < -0.39 is 66.7 Å². The Kier molecular flexibility index (Phi) is 13.6. The minimum absolute atomic E-state index is 0.0203. The zero-order chi connectivity index (χ0) is 35.5. The number of carbonyl (C=O) groups is 4. The van der Waals surface area contributed by atoms with Crippen LogP contribution in [-0.4, -0.2) is 83.3 Å². The number of carboxylic acid groups (broad SMARTS) is 1. The minimum Gasteiger partial charge on any atom is -0.481 e. The lowest BCUT2D eigenvalue weighted by Gasteiger charge is -2.19. The third-order valence-electron chi connectivity index (χ3n) is 7.50. The van der Waals surface area contributed by atoms with E-state index in [0.29, 0.717) is 13.0 Å². The summed E-state index contributed by atoms with van der Waals surface area (Å²) in [6.07, 6.45) is -0.0282. The zero-order valence-electron chi connectivity index (χ0n) is 27.0. The molecule has 12 nitrogen and oxygen atoms in total. The molecule has 2 amide bonds. The third kappa shape index (κ3) is 11.1. The van der Waals surface area contributed by atoms with Crippen molar-refractivity contribution in [1.29, 1.82) is 0 Å². The van der Waals surface area contributed by atoms with Gasteiger partial charge in [-0.1, -0.05) is 47.5 Å². The van der Waals surface area contributed by atoms with E-state index in [1.165, 1.54) is 55.6 Å². The number of hydrogen-bond donors (Lipinski definition) is 3. The van der Waals surface area contributed by atoms with Crippen LogP contribution in [0.25, 0.3) is 0 Å². The van der Waals surface area contributed by atoms with Crippen LogP contribution in [0.5, 0.6) is 0 Å². The van der Waals surface area contributed by atoms with Crippen LogP contribution in [0.4, 0.5) is 0 Å². The van der Waals surface area contributed by atoms with Crippen molar-refractivity contribution in [2.75, 3.05) is 31.8 Å². The number of aliphatic carboxylic acids is 1. The Bertz CT molecular complexity index is 1730. The molecule has 0 radical (unpaired) electrons. The van der Waals surface area contributed by atoms with Crippen LogP contribution in [0.1, 0.15) is 51.1 Å². The fourth-order valence-corrected chi connectivity index (χ4v) is 8.00. The van der Waals surface area contributed by atoms with Gasteiger partial charge >= 0.3 is 5.97 Å². The number of ketones is 1. The van der Waals surface area contributed by atoms with Gasteiger partial charge in [0.1, 0.15) is 6.04 Å². The summed E-state index contributed by atoms with van der Waals surface area (Å²) in [6.45, 7) is 4.23. The predicted octanol–water partition coefficient (Wildman–Crippen LogP) is 3.17. The lowest BCUT2D eigenvalue weighted by Crippen LogP contribution is -2.47. The average Bonchev–Trinajstić information content (AvgIpc) is 3.04. The lowest BCUT2D eigenvalue weighted by molar-refractivity contribution is -0.137. The number of sulfone groups is 2. The molecule has 0 spiro atoms. The number of benzene rings is 3. The highest BCUT2D eigenvalue weighted by Gasteiger charge is 2.33. The number of amides is 2. The van der Waals surface area contributed by atoms with Crippen LogP contribution < -0.4 is 10.6 Å². The number of nitrogens with one attached hydrogen (secondary N) is 2. The molecule has 0 saturated heterocycles. The molecule has 3 aromatic carbocycles. The summed E-state index contributed by atoms with van der Waals surface area (Å²) in [4.78, 5) is 50.5. The molecule has 3 aromatic rings. The minimum atomic E-state index is -4.09. The monoisotopic (exact) mass is 700 g/mol. The maximum absolute atomic E-state index is 13.8. The highest BCUT2D eigenvalue weighted by molar-refractivity contribution is 7.92. The van der Waals surface area contributed by atoms with Crippen molar-refractivity contribution >= 4 is 43.2 Å². The summed E-state index contributed by atoms with van der Waals surface area (Å²) in [5, 5.41) is 14.2.